The van der Waals surface area contributed by atoms with E-state index in [4.69, 9.17) is 4.74 Å². The summed E-state index contributed by atoms with van der Waals surface area (Å²) in [5.41, 5.74) is 1.02. The highest BCUT2D eigenvalue weighted by atomic mass is 16.6. The summed E-state index contributed by atoms with van der Waals surface area (Å²) in [7, 11) is 0. The van der Waals surface area contributed by atoms with Crippen LogP contribution in [0.15, 0.2) is 48.5 Å². The molecule has 6 heteroatoms. The Morgan fingerprint density at radius 2 is 1.85 bits per heavy atom. The lowest BCUT2D eigenvalue weighted by Gasteiger charge is -2.41. The van der Waals surface area contributed by atoms with Crippen LogP contribution in [-0.2, 0) is 11.2 Å². The molecule has 142 valence electrons. The van der Waals surface area contributed by atoms with Crippen LogP contribution in [0.2, 0.25) is 0 Å². The summed E-state index contributed by atoms with van der Waals surface area (Å²) in [6, 6.07) is 13.9. The number of rotatable bonds is 6. The number of nitrogens with one attached hydrogen (secondary N) is 1. The minimum Gasteiger partial charge on any atom is -0.487 e. The van der Waals surface area contributed by atoms with E-state index in [1.54, 1.807) is 18.2 Å². The van der Waals surface area contributed by atoms with Gasteiger partial charge in [0.1, 0.15) is 11.4 Å². The molecule has 1 N–H and O–H groups in total. The van der Waals surface area contributed by atoms with Gasteiger partial charge < -0.3 is 10.1 Å². The van der Waals surface area contributed by atoms with Crippen LogP contribution in [0.3, 0.4) is 0 Å². The average molecular weight is 368 g/mol. The Morgan fingerprint density at radius 1 is 1.19 bits per heavy atom. The van der Waals surface area contributed by atoms with Gasteiger partial charge >= 0.3 is 0 Å². The highest BCUT2D eigenvalue weighted by molar-refractivity contribution is 5.80. The summed E-state index contributed by atoms with van der Waals surface area (Å²) in [5.74, 6) is 0.565. The fourth-order valence-corrected chi connectivity index (χ4v) is 3.69. The van der Waals surface area contributed by atoms with Crippen molar-refractivity contribution in [2.45, 2.75) is 51.2 Å². The smallest absolute Gasteiger partial charge is 0.273 e. The highest BCUT2D eigenvalue weighted by Crippen LogP contribution is 2.42. The first kappa shape index (κ1) is 18.9. The van der Waals surface area contributed by atoms with Crippen LogP contribution in [0.4, 0.5) is 5.69 Å². The predicted molar refractivity (Wildman–Crippen MR) is 103 cm³/mol. The van der Waals surface area contributed by atoms with E-state index >= 15 is 0 Å². The molecule has 1 atom stereocenters. The lowest BCUT2D eigenvalue weighted by Crippen LogP contribution is -2.44. The number of carbonyl (C=O) groups is 1. The van der Waals surface area contributed by atoms with Gasteiger partial charge in [-0.05, 0) is 18.9 Å². The van der Waals surface area contributed by atoms with E-state index in [0.29, 0.717) is 12.0 Å². The third kappa shape index (κ3) is 3.94. The summed E-state index contributed by atoms with van der Waals surface area (Å²) in [4.78, 5) is 23.4. The van der Waals surface area contributed by atoms with Crippen LogP contribution in [0.1, 0.15) is 50.3 Å². The molecule has 0 aromatic heterocycles. The van der Waals surface area contributed by atoms with E-state index in [1.807, 2.05) is 24.3 Å². The molecule has 0 spiro atoms. The van der Waals surface area contributed by atoms with Gasteiger partial charge in [-0.3, -0.25) is 14.9 Å². The van der Waals surface area contributed by atoms with Crippen molar-refractivity contribution in [3.05, 3.63) is 69.8 Å². The number of para-hydroxylation sites is 2. The van der Waals surface area contributed by atoms with Gasteiger partial charge in [0.2, 0.25) is 5.91 Å². The molecule has 0 radical (unpaired) electrons. The van der Waals surface area contributed by atoms with Crippen LogP contribution in [0.25, 0.3) is 0 Å². The fourth-order valence-electron chi connectivity index (χ4n) is 3.69. The Kier molecular flexibility index (Phi) is 5.44. The first-order valence-electron chi connectivity index (χ1n) is 9.27. The molecule has 1 heterocycles. The van der Waals surface area contributed by atoms with Crippen LogP contribution in [-0.4, -0.2) is 16.4 Å². The quantitative estimate of drug-likeness (QED) is 0.607. The Bertz CT molecular complexity index is 846. The van der Waals surface area contributed by atoms with E-state index in [9.17, 15) is 14.9 Å². The van der Waals surface area contributed by atoms with E-state index in [-0.39, 0.29) is 29.7 Å². The first-order chi connectivity index (χ1) is 13.0. The average Bonchev–Trinajstić information content (AvgIpc) is 2.68. The predicted octanol–water partition coefficient (Wildman–Crippen LogP) is 4.34. The molecule has 1 aliphatic rings. The van der Waals surface area contributed by atoms with Crippen molar-refractivity contribution in [1.82, 2.24) is 5.32 Å². The van der Waals surface area contributed by atoms with Gasteiger partial charge in [-0.1, -0.05) is 50.2 Å². The molecular formula is C21H24N2O4. The molecule has 1 amide bonds. The van der Waals surface area contributed by atoms with Crippen molar-refractivity contribution in [2.24, 2.45) is 0 Å². The van der Waals surface area contributed by atoms with Crippen molar-refractivity contribution in [2.75, 3.05) is 0 Å². The number of amides is 1. The van der Waals surface area contributed by atoms with Crippen molar-refractivity contribution in [3.63, 3.8) is 0 Å². The highest BCUT2D eigenvalue weighted by Gasteiger charge is 2.39. The Labute approximate surface area is 158 Å². The molecule has 0 fully saturated rings. The lowest BCUT2D eigenvalue weighted by atomic mass is 9.83. The maximum Gasteiger partial charge on any atom is 0.273 e. The van der Waals surface area contributed by atoms with Crippen LogP contribution >= 0.6 is 0 Å². The van der Waals surface area contributed by atoms with Gasteiger partial charge in [0.25, 0.3) is 5.69 Å². The van der Waals surface area contributed by atoms with Gasteiger partial charge in [0.05, 0.1) is 17.4 Å². The van der Waals surface area contributed by atoms with Gasteiger partial charge in [0, 0.05) is 23.6 Å². The first-order valence-corrected chi connectivity index (χ1v) is 9.27. The Morgan fingerprint density at radius 3 is 2.56 bits per heavy atom. The Balaban J connectivity index is 1.82. The molecule has 0 bridgehead atoms. The number of hydrogen-bond acceptors (Lipinski definition) is 4. The normalized spacial score (nSPS) is 17.5. The molecule has 2 aromatic carbocycles. The molecule has 3 rings (SSSR count). The second kappa shape index (κ2) is 7.78. The lowest BCUT2D eigenvalue weighted by molar-refractivity contribution is -0.385. The zero-order valence-corrected chi connectivity index (χ0v) is 15.6. The fraction of sp³-hybridized carbons (Fsp3) is 0.381. The third-order valence-electron chi connectivity index (χ3n) is 5.36. The number of benzene rings is 2. The number of nitrogens with zero attached hydrogens (tertiary/aromatic N) is 1. The zero-order valence-electron chi connectivity index (χ0n) is 15.6. The monoisotopic (exact) mass is 368 g/mol. The SMILES string of the molecule is CCC1(CC)C[C@H](NC(=O)Cc2ccccc2[N+](=O)[O-])c2ccccc2O1. The molecule has 27 heavy (non-hydrogen) atoms. The topological polar surface area (TPSA) is 81.5 Å². The zero-order chi connectivity index (χ0) is 19.4. The van der Waals surface area contributed by atoms with Crippen molar-refractivity contribution >= 4 is 11.6 Å². The minimum atomic E-state index is -0.453. The summed E-state index contributed by atoms with van der Waals surface area (Å²) >= 11 is 0. The number of nitro groups is 1. The van der Waals surface area contributed by atoms with Crippen LogP contribution < -0.4 is 10.1 Å². The van der Waals surface area contributed by atoms with E-state index in [0.717, 1.165) is 24.2 Å². The molecule has 0 aliphatic carbocycles. The van der Waals surface area contributed by atoms with Crippen molar-refractivity contribution in [1.29, 1.82) is 0 Å². The van der Waals surface area contributed by atoms with Gasteiger partial charge in [-0.2, -0.15) is 0 Å². The number of nitro benzene ring substituents is 1. The summed E-state index contributed by atoms with van der Waals surface area (Å²) < 4.78 is 6.26. The van der Waals surface area contributed by atoms with Gasteiger partial charge in [-0.25, -0.2) is 0 Å². The number of ether oxygens (including phenoxy) is 1. The number of fused-ring (bicyclic) bond motifs is 1. The standard InChI is InChI=1S/C21H24N2O4/c1-3-21(4-2)14-17(16-10-6-8-12-19(16)27-21)22-20(24)13-15-9-5-7-11-18(15)23(25)26/h5-12,17H,3-4,13-14H2,1-2H3,(H,22,24)/t17-/m0/s1. The third-order valence-corrected chi connectivity index (χ3v) is 5.36. The maximum atomic E-state index is 12.7. The van der Waals surface area contributed by atoms with E-state index < -0.39 is 4.92 Å². The minimum absolute atomic E-state index is 0.0259. The van der Waals surface area contributed by atoms with Crippen LogP contribution in [0.5, 0.6) is 5.75 Å². The van der Waals surface area contributed by atoms with Crippen molar-refractivity contribution in [3.8, 4) is 5.75 Å². The summed E-state index contributed by atoms with van der Waals surface area (Å²) in [6.45, 7) is 4.17. The molecule has 0 saturated carbocycles. The van der Waals surface area contributed by atoms with E-state index in [1.165, 1.54) is 6.07 Å². The summed E-state index contributed by atoms with van der Waals surface area (Å²) in [6.07, 6.45) is 2.34. The van der Waals surface area contributed by atoms with Crippen molar-refractivity contribution < 1.29 is 14.5 Å². The Hall–Kier alpha value is -2.89. The molecule has 2 aromatic rings. The second-order valence-corrected chi connectivity index (χ2v) is 6.92. The van der Waals surface area contributed by atoms with Gasteiger partial charge in [0.15, 0.2) is 0 Å². The van der Waals surface area contributed by atoms with E-state index in [2.05, 4.69) is 19.2 Å². The van der Waals surface area contributed by atoms with Gasteiger partial charge in [-0.15, -0.1) is 0 Å². The molecule has 0 unspecified atom stereocenters. The molecule has 0 saturated heterocycles. The number of hydrogen-bond donors (Lipinski definition) is 1. The summed E-state index contributed by atoms with van der Waals surface area (Å²) in [5, 5.41) is 14.2. The van der Waals surface area contributed by atoms with Crippen LogP contribution in [0, 0.1) is 10.1 Å². The maximum absolute atomic E-state index is 12.7. The molecular weight excluding hydrogens is 344 g/mol. The largest absolute Gasteiger partial charge is 0.487 e. The number of carbonyl (C=O) groups excluding carboxylic acids is 1. The second-order valence-electron chi connectivity index (χ2n) is 6.92. The molecule has 6 nitrogen and oxygen atoms in total. The molecule has 1 aliphatic heterocycles.